The highest BCUT2D eigenvalue weighted by molar-refractivity contribution is 7.86. The molecule has 0 aliphatic carbocycles. The van der Waals surface area contributed by atoms with Gasteiger partial charge in [0.05, 0.1) is 17.8 Å². The van der Waals surface area contributed by atoms with Crippen molar-refractivity contribution in [2.45, 2.75) is 6.92 Å². The van der Waals surface area contributed by atoms with Gasteiger partial charge < -0.3 is 8.92 Å². The number of nitrogens with zero attached hydrogens (tertiary/aromatic N) is 1. The summed E-state index contributed by atoms with van der Waals surface area (Å²) < 4.78 is 31.4. The molecular weight excluding hydrogens is 278 g/mol. The van der Waals surface area contributed by atoms with E-state index < -0.39 is 21.0 Å². The molecule has 0 amide bonds. The molecule has 0 aliphatic heterocycles. The minimum absolute atomic E-state index is 0.0415. The number of non-ortho nitro benzene ring substituents is 1. The van der Waals surface area contributed by atoms with Crippen LogP contribution in [0.4, 0.5) is 5.69 Å². The third kappa shape index (κ3) is 4.21. The lowest BCUT2D eigenvalue weighted by atomic mass is 10.2. The fourth-order valence-electron chi connectivity index (χ4n) is 1.24. The van der Waals surface area contributed by atoms with Gasteiger partial charge in [-0.2, -0.15) is 8.42 Å². The van der Waals surface area contributed by atoms with Crippen molar-refractivity contribution in [3.05, 3.63) is 33.9 Å². The van der Waals surface area contributed by atoms with Gasteiger partial charge in [0, 0.05) is 12.1 Å². The predicted molar refractivity (Wildman–Crippen MR) is 64.5 cm³/mol. The van der Waals surface area contributed by atoms with E-state index in [-0.39, 0.29) is 23.6 Å². The van der Waals surface area contributed by atoms with Crippen molar-refractivity contribution in [1.82, 2.24) is 0 Å². The third-order valence-electron chi connectivity index (χ3n) is 1.91. The van der Waals surface area contributed by atoms with Gasteiger partial charge in [0.25, 0.3) is 5.69 Å². The first-order chi connectivity index (χ1) is 8.74. The van der Waals surface area contributed by atoms with Gasteiger partial charge in [0.15, 0.2) is 5.75 Å². The Hall–Kier alpha value is -2.16. The molecule has 0 saturated carbocycles. The van der Waals surface area contributed by atoms with E-state index in [4.69, 9.17) is 0 Å². The first-order valence-corrected chi connectivity index (χ1v) is 6.91. The van der Waals surface area contributed by atoms with Crippen LogP contribution in [0.25, 0.3) is 0 Å². The summed E-state index contributed by atoms with van der Waals surface area (Å²) in [5.74, 6) is -1.21. The summed E-state index contributed by atoms with van der Waals surface area (Å²) in [7, 11) is -3.86. The largest absolute Gasteiger partial charge is 0.462 e. The van der Waals surface area contributed by atoms with Crippen LogP contribution in [0.5, 0.6) is 5.75 Å². The van der Waals surface area contributed by atoms with E-state index in [0.717, 1.165) is 24.5 Å². The van der Waals surface area contributed by atoms with Gasteiger partial charge in [-0.25, -0.2) is 4.79 Å². The van der Waals surface area contributed by atoms with Crippen molar-refractivity contribution in [2.75, 3.05) is 12.9 Å². The van der Waals surface area contributed by atoms with Gasteiger partial charge in [-0.1, -0.05) is 0 Å². The van der Waals surface area contributed by atoms with Gasteiger partial charge in [0.2, 0.25) is 0 Å². The van der Waals surface area contributed by atoms with Crippen LogP contribution in [0.1, 0.15) is 17.3 Å². The monoisotopic (exact) mass is 289 g/mol. The highest BCUT2D eigenvalue weighted by Gasteiger charge is 2.21. The van der Waals surface area contributed by atoms with Crippen LogP contribution in [0.15, 0.2) is 18.2 Å². The fourth-order valence-corrected chi connectivity index (χ4v) is 1.71. The third-order valence-corrected chi connectivity index (χ3v) is 2.39. The first kappa shape index (κ1) is 14.9. The van der Waals surface area contributed by atoms with Gasteiger partial charge in [-0.3, -0.25) is 10.1 Å². The van der Waals surface area contributed by atoms with Crippen molar-refractivity contribution >= 4 is 21.8 Å². The number of benzene rings is 1. The van der Waals surface area contributed by atoms with Crippen molar-refractivity contribution in [3.8, 4) is 5.75 Å². The molecule has 0 atom stereocenters. The summed E-state index contributed by atoms with van der Waals surface area (Å²) in [5, 5.41) is 10.6. The molecule has 0 saturated heterocycles. The molecule has 0 N–H and O–H groups in total. The fraction of sp³-hybridized carbons (Fsp3) is 0.300. The maximum absolute atomic E-state index is 11.6. The van der Waals surface area contributed by atoms with E-state index in [1.165, 1.54) is 0 Å². The Kier molecular flexibility index (Phi) is 4.43. The molecule has 0 radical (unpaired) electrons. The van der Waals surface area contributed by atoms with E-state index in [1.54, 1.807) is 6.92 Å². The standard InChI is InChI=1S/C10H11NO7S/c1-3-17-10(12)8-6-7(11(13)14)4-5-9(8)18-19(2,15)16/h4-6H,3H2,1-2H3. The highest BCUT2D eigenvalue weighted by atomic mass is 32.2. The second-order valence-corrected chi connectivity index (χ2v) is 5.02. The average molecular weight is 289 g/mol. The second kappa shape index (κ2) is 5.65. The topological polar surface area (TPSA) is 113 Å². The lowest BCUT2D eigenvalue weighted by Gasteiger charge is -2.08. The summed E-state index contributed by atoms with van der Waals surface area (Å²) in [5.41, 5.74) is -0.689. The molecule has 0 unspecified atom stereocenters. The van der Waals surface area contributed by atoms with E-state index in [2.05, 4.69) is 8.92 Å². The van der Waals surface area contributed by atoms with Crippen LogP contribution in [-0.2, 0) is 14.9 Å². The van der Waals surface area contributed by atoms with Crippen LogP contribution >= 0.6 is 0 Å². The van der Waals surface area contributed by atoms with Crippen molar-refractivity contribution in [2.24, 2.45) is 0 Å². The molecule has 1 rings (SSSR count). The van der Waals surface area contributed by atoms with Crippen LogP contribution in [0.3, 0.4) is 0 Å². The molecule has 0 fully saturated rings. The Labute approximate surface area is 109 Å². The van der Waals surface area contributed by atoms with Gasteiger partial charge in [0.1, 0.15) is 5.56 Å². The summed E-state index contributed by atoms with van der Waals surface area (Å²) in [6.07, 6.45) is 0.795. The molecule has 1 aromatic rings. The van der Waals surface area contributed by atoms with Crippen molar-refractivity contribution in [1.29, 1.82) is 0 Å². The molecule has 104 valence electrons. The zero-order valence-corrected chi connectivity index (χ0v) is 11.0. The average Bonchev–Trinajstić information content (AvgIpc) is 2.27. The molecule has 0 spiro atoms. The maximum atomic E-state index is 11.6. The van der Waals surface area contributed by atoms with Crippen LogP contribution in [0, 0.1) is 10.1 Å². The lowest BCUT2D eigenvalue weighted by molar-refractivity contribution is -0.384. The van der Waals surface area contributed by atoms with Crippen LogP contribution < -0.4 is 4.18 Å². The van der Waals surface area contributed by atoms with Gasteiger partial charge in [-0.05, 0) is 13.0 Å². The first-order valence-electron chi connectivity index (χ1n) is 5.09. The van der Waals surface area contributed by atoms with Gasteiger partial charge in [-0.15, -0.1) is 0 Å². The van der Waals surface area contributed by atoms with Crippen LogP contribution in [0.2, 0.25) is 0 Å². The number of ether oxygens (including phenoxy) is 1. The maximum Gasteiger partial charge on any atom is 0.342 e. The molecule has 8 nitrogen and oxygen atoms in total. The number of hydrogen-bond acceptors (Lipinski definition) is 7. The van der Waals surface area contributed by atoms with E-state index in [9.17, 15) is 23.3 Å². The number of hydrogen-bond donors (Lipinski definition) is 0. The molecule has 0 aliphatic rings. The molecule has 0 bridgehead atoms. The van der Waals surface area contributed by atoms with E-state index in [0.29, 0.717) is 0 Å². The summed E-state index contributed by atoms with van der Waals surface area (Å²) in [6.45, 7) is 1.59. The van der Waals surface area contributed by atoms with Crippen molar-refractivity contribution in [3.63, 3.8) is 0 Å². The number of rotatable bonds is 5. The number of nitro groups is 1. The Morgan fingerprint density at radius 3 is 2.53 bits per heavy atom. The molecular formula is C10H11NO7S. The number of carbonyl (C=O) groups excluding carboxylic acids is 1. The molecule has 0 aromatic heterocycles. The zero-order chi connectivity index (χ0) is 14.6. The van der Waals surface area contributed by atoms with E-state index >= 15 is 0 Å². The SMILES string of the molecule is CCOC(=O)c1cc([N+](=O)[O-])ccc1OS(C)(=O)=O. The minimum atomic E-state index is -3.86. The normalized spacial score (nSPS) is 10.8. The lowest BCUT2D eigenvalue weighted by Crippen LogP contribution is -2.12. The summed E-state index contributed by atoms with van der Waals surface area (Å²) in [4.78, 5) is 21.5. The number of nitro benzene ring substituents is 1. The summed E-state index contributed by atoms with van der Waals surface area (Å²) in [6, 6.07) is 2.97. The Morgan fingerprint density at radius 1 is 1.42 bits per heavy atom. The highest BCUT2D eigenvalue weighted by Crippen LogP contribution is 2.26. The second-order valence-electron chi connectivity index (χ2n) is 3.45. The van der Waals surface area contributed by atoms with Crippen molar-refractivity contribution < 1.29 is 27.1 Å². The summed E-state index contributed by atoms with van der Waals surface area (Å²) >= 11 is 0. The molecule has 19 heavy (non-hydrogen) atoms. The zero-order valence-electron chi connectivity index (χ0n) is 10.2. The number of esters is 1. The Morgan fingerprint density at radius 2 is 2.05 bits per heavy atom. The quantitative estimate of drug-likeness (QED) is 0.345. The Bertz CT molecular complexity index is 608. The smallest absolute Gasteiger partial charge is 0.342 e. The molecule has 1 aromatic carbocycles. The number of carbonyl (C=O) groups is 1. The molecule has 9 heteroatoms. The molecule has 0 heterocycles. The predicted octanol–water partition coefficient (Wildman–Crippen LogP) is 1.11. The Balaban J connectivity index is 3.30. The van der Waals surface area contributed by atoms with Crippen LogP contribution in [-0.4, -0.2) is 32.2 Å². The van der Waals surface area contributed by atoms with Gasteiger partial charge >= 0.3 is 16.1 Å². The minimum Gasteiger partial charge on any atom is -0.462 e. The van der Waals surface area contributed by atoms with E-state index in [1.807, 2.05) is 0 Å².